The fourth-order valence-corrected chi connectivity index (χ4v) is 7.00. The van der Waals surface area contributed by atoms with Crippen LogP contribution in [0.3, 0.4) is 0 Å². The number of hydrogen-bond acceptors (Lipinski definition) is 6. The number of benzene rings is 2. The van der Waals surface area contributed by atoms with Crippen LogP contribution in [-0.2, 0) is 32.0 Å². The van der Waals surface area contributed by atoms with Gasteiger partial charge in [0, 0.05) is 38.7 Å². The molecule has 2 aliphatic heterocycles. The molecule has 2 fully saturated rings. The first kappa shape index (κ1) is 36.4. The minimum absolute atomic E-state index is 0.0394. The third kappa shape index (κ3) is 9.15. The zero-order valence-electron chi connectivity index (χ0n) is 27.9. The third-order valence-corrected chi connectivity index (χ3v) is 9.68. The minimum Gasteiger partial charge on any atom is -0.389 e. The zero-order chi connectivity index (χ0) is 34.1. The number of aryl methyl sites for hydroxylation is 1. The van der Waals surface area contributed by atoms with E-state index < -0.39 is 47.3 Å². The second-order valence-corrected chi connectivity index (χ2v) is 13.1. The number of carbonyl (C=O) groups excluding carboxylic acids is 3. The van der Waals surface area contributed by atoms with Gasteiger partial charge in [0.25, 0.3) is 0 Å². The van der Waals surface area contributed by atoms with Crippen LogP contribution in [0.15, 0.2) is 48.5 Å². The number of aliphatic hydroxyl groups is 1. The maximum Gasteiger partial charge on any atom is 0.249 e. The van der Waals surface area contributed by atoms with Crippen molar-refractivity contribution in [3.8, 4) is 0 Å². The van der Waals surface area contributed by atoms with Crippen molar-refractivity contribution in [1.82, 2.24) is 20.9 Å². The molecule has 3 amide bonds. The normalized spacial score (nSPS) is 23.7. The highest BCUT2D eigenvalue weighted by Gasteiger charge is 2.53. The molecular formula is C36H50F2N4O5. The fourth-order valence-electron chi connectivity index (χ4n) is 7.00. The molecule has 2 aromatic carbocycles. The first-order valence-electron chi connectivity index (χ1n) is 16.9. The molecule has 0 saturated carbocycles. The van der Waals surface area contributed by atoms with Crippen molar-refractivity contribution < 1.29 is 33.0 Å². The summed E-state index contributed by atoms with van der Waals surface area (Å²) in [4.78, 5) is 42.4. The van der Waals surface area contributed by atoms with E-state index >= 15 is 0 Å². The molecule has 1 unspecified atom stereocenters. The lowest BCUT2D eigenvalue weighted by molar-refractivity contribution is -0.144. The molecule has 47 heavy (non-hydrogen) atoms. The Morgan fingerprint density at radius 1 is 1.13 bits per heavy atom. The molecule has 11 heteroatoms. The summed E-state index contributed by atoms with van der Waals surface area (Å²) in [6.07, 6.45) is 1.89. The Hall–Kier alpha value is -3.41. The predicted molar refractivity (Wildman–Crippen MR) is 175 cm³/mol. The Balaban J connectivity index is 1.63. The van der Waals surface area contributed by atoms with Crippen LogP contribution in [0.1, 0.15) is 70.9 Å². The van der Waals surface area contributed by atoms with Crippen LogP contribution in [0.25, 0.3) is 0 Å². The second-order valence-electron chi connectivity index (χ2n) is 13.1. The van der Waals surface area contributed by atoms with Crippen LogP contribution in [0, 0.1) is 17.6 Å². The van der Waals surface area contributed by atoms with Gasteiger partial charge in [0.2, 0.25) is 17.7 Å². The lowest BCUT2D eigenvalue weighted by Crippen LogP contribution is -2.61. The summed E-state index contributed by atoms with van der Waals surface area (Å²) in [6.45, 7) is 8.66. The van der Waals surface area contributed by atoms with E-state index in [9.17, 15) is 28.3 Å². The van der Waals surface area contributed by atoms with Crippen LogP contribution in [0.4, 0.5) is 8.78 Å². The first-order chi connectivity index (χ1) is 22.5. The summed E-state index contributed by atoms with van der Waals surface area (Å²) < 4.78 is 34.3. The average molecular weight is 657 g/mol. The lowest BCUT2D eigenvalue weighted by atomic mass is 9.81. The Bertz CT molecular complexity index is 1340. The van der Waals surface area contributed by atoms with Crippen molar-refractivity contribution in [3.63, 3.8) is 0 Å². The van der Waals surface area contributed by atoms with Gasteiger partial charge in [-0.1, -0.05) is 57.5 Å². The molecule has 258 valence electrons. The monoisotopic (exact) mass is 656 g/mol. The molecule has 2 aliphatic rings. The molecule has 0 spiro atoms. The van der Waals surface area contributed by atoms with Crippen molar-refractivity contribution in [2.75, 3.05) is 19.7 Å². The molecule has 0 aliphatic carbocycles. The molecule has 4 N–H and O–H groups in total. The smallest absolute Gasteiger partial charge is 0.249 e. The number of carbonyl (C=O) groups is 3. The molecule has 7 atom stereocenters. The molecule has 9 nitrogen and oxygen atoms in total. The SMILES string of the molecule is CCCO[C@H]1CN[C@@H]([C@@H](O)[C@H](Cc2cc(F)cc(F)c2)NC(=O)[C@H](CCc2ccccc2)N2CC[C@@](NC(C)=O)(C(C)CC)C2=O)C1. The van der Waals surface area contributed by atoms with Gasteiger partial charge in [-0.3, -0.25) is 14.4 Å². The molecule has 0 bridgehead atoms. The lowest BCUT2D eigenvalue weighted by Gasteiger charge is -2.36. The number of hydrogen-bond donors (Lipinski definition) is 4. The molecule has 2 aromatic rings. The summed E-state index contributed by atoms with van der Waals surface area (Å²) in [5, 5.41) is 20.8. The summed E-state index contributed by atoms with van der Waals surface area (Å²) in [6, 6.07) is 10.5. The number of rotatable bonds is 16. The van der Waals surface area contributed by atoms with Crippen molar-refractivity contribution in [3.05, 3.63) is 71.3 Å². The van der Waals surface area contributed by atoms with Crippen molar-refractivity contribution in [1.29, 1.82) is 0 Å². The Kier molecular flexibility index (Phi) is 12.9. The Labute approximate surface area is 276 Å². The highest BCUT2D eigenvalue weighted by atomic mass is 19.1. The highest BCUT2D eigenvalue weighted by Crippen LogP contribution is 2.34. The number of halogens is 2. The minimum atomic E-state index is -1.13. The number of aliphatic hydroxyl groups excluding tert-OH is 1. The predicted octanol–water partition coefficient (Wildman–Crippen LogP) is 3.66. The number of likely N-dealkylation sites (tertiary alicyclic amines) is 1. The second kappa shape index (κ2) is 16.6. The van der Waals surface area contributed by atoms with E-state index in [1.54, 1.807) is 4.90 Å². The van der Waals surface area contributed by atoms with E-state index in [0.717, 1.165) is 18.1 Å². The standard InChI is InChI=1S/C36H50F2N4O5/c1-5-16-47-29-21-30(39-22-29)33(44)31(19-26-17-27(37)20-28(38)18-26)40-34(45)32(13-12-25-10-8-7-9-11-25)42-15-14-36(35(42)46,23(3)6-2)41-24(4)43/h7-11,17-18,20,23,29-33,39,44H,5-6,12-16,19,21-22H2,1-4H3,(H,40,45)(H,41,43)/t23?,29-,30-,31+,32+,33-,36-/m1/s1. The zero-order valence-corrected chi connectivity index (χ0v) is 27.9. The van der Waals surface area contributed by atoms with Crippen LogP contribution >= 0.6 is 0 Å². The van der Waals surface area contributed by atoms with Gasteiger partial charge in [-0.25, -0.2) is 8.78 Å². The largest absolute Gasteiger partial charge is 0.389 e. The van der Waals surface area contributed by atoms with E-state index in [1.165, 1.54) is 19.1 Å². The maximum atomic E-state index is 14.3. The fraction of sp³-hybridized carbons (Fsp3) is 0.583. The van der Waals surface area contributed by atoms with E-state index in [2.05, 4.69) is 16.0 Å². The van der Waals surface area contributed by atoms with Gasteiger partial charge in [0.1, 0.15) is 23.2 Å². The topological polar surface area (TPSA) is 120 Å². The third-order valence-electron chi connectivity index (χ3n) is 9.68. The van der Waals surface area contributed by atoms with E-state index in [-0.39, 0.29) is 42.4 Å². The van der Waals surface area contributed by atoms with Crippen LogP contribution in [0.2, 0.25) is 0 Å². The average Bonchev–Trinajstić information content (AvgIpc) is 3.64. The maximum absolute atomic E-state index is 14.3. The van der Waals surface area contributed by atoms with Crippen LogP contribution in [-0.4, -0.2) is 83.3 Å². The number of ether oxygens (including phenoxy) is 1. The van der Waals surface area contributed by atoms with Gasteiger partial charge in [-0.05, 0) is 67.7 Å². The van der Waals surface area contributed by atoms with Gasteiger partial charge in [-0.15, -0.1) is 0 Å². The van der Waals surface area contributed by atoms with E-state index in [1.807, 2.05) is 51.1 Å². The summed E-state index contributed by atoms with van der Waals surface area (Å²) in [5.74, 6) is -2.79. The number of amides is 3. The van der Waals surface area contributed by atoms with Crippen molar-refractivity contribution >= 4 is 17.7 Å². The molecule has 0 radical (unpaired) electrons. The molecule has 4 rings (SSSR count). The first-order valence-corrected chi connectivity index (χ1v) is 16.9. The van der Waals surface area contributed by atoms with Gasteiger partial charge in [-0.2, -0.15) is 0 Å². The Morgan fingerprint density at radius 3 is 2.47 bits per heavy atom. The molecule has 2 saturated heterocycles. The molecule has 2 heterocycles. The summed E-state index contributed by atoms with van der Waals surface area (Å²) in [5.41, 5.74) is 0.140. The van der Waals surface area contributed by atoms with Gasteiger partial charge in [0.15, 0.2) is 0 Å². The quantitative estimate of drug-likeness (QED) is 0.219. The van der Waals surface area contributed by atoms with Gasteiger partial charge < -0.3 is 30.7 Å². The molecular weight excluding hydrogens is 606 g/mol. The summed E-state index contributed by atoms with van der Waals surface area (Å²) in [7, 11) is 0. The van der Waals surface area contributed by atoms with Gasteiger partial charge >= 0.3 is 0 Å². The van der Waals surface area contributed by atoms with Gasteiger partial charge in [0.05, 0.1) is 18.2 Å². The summed E-state index contributed by atoms with van der Waals surface area (Å²) >= 11 is 0. The van der Waals surface area contributed by atoms with Crippen molar-refractivity contribution in [2.24, 2.45) is 5.92 Å². The Morgan fingerprint density at radius 2 is 1.83 bits per heavy atom. The van der Waals surface area contributed by atoms with Crippen LogP contribution in [0.5, 0.6) is 0 Å². The molecule has 0 aromatic heterocycles. The van der Waals surface area contributed by atoms with Crippen LogP contribution < -0.4 is 16.0 Å². The van der Waals surface area contributed by atoms with E-state index in [0.29, 0.717) is 45.3 Å². The number of nitrogens with zero attached hydrogens (tertiary/aromatic N) is 1. The van der Waals surface area contributed by atoms with Crippen molar-refractivity contribution in [2.45, 2.75) is 109 Å². The highest BCUT2D eigenvalue weighted by molar-refractivity contribution is 5.96. The van der Waals surface area contributed by atoms with E-state index in [4.69, 9.17) is 4.74 Å². The number of nitrogens with one attached hydrogen (secondary N) is 3.